The first kappa shape index (κ1) is 13.1. The molecular weight excluding hydrogens is 283 g/mol. The largest absolute Gasteiger partial charge is 0.397 e. The van der Waals surface area contributed by atoms with Crippen LogP contribution in [0.3, 0.4) is 0 Å². The number of anilines is 1. The minimum Gasteiger partial charge on any atom is -0.397 e. The maximum atomic E-state index is 12.3. The van der Waals surface area contributed by atoms with Crippen LogP contribution in [0.5, 0.6) is 0 Å². The second-order valence-corrected chi connectivity index (χ2v) is 6.32. The third kappa shape index (κ3) is 2.82. The molecule has 3 rings (SSSR count). The van der Waals surface area contributed by atoms with E-state index < -0.39 is 0 Å². The summed E-state index contributed by atoms with van der Waals surface area (Å²) in [7, 11) is 0. The van der Waals surface area contributed by atoms with Crippen LogP contribution in [0, 0.1) is 11.8 Å². The molecule has 0 heterocycles. The Morgan fingerprint density at radius 2 is 1.79 bits per heavy atom. The summed E-state index contributed by atoms with van der Waals surface area (Å²) in [5.74, 6) is 1.22. The minimum atomic E-state index is -0.103. The average molecular weight is 299 g/mol. The zero-order valence-corrected chi connectivity index (χ0v) is 12.0. The first-order valence-corrected chi connectivity index (χ1v) is 7.37. The molecule has 19 heavy (non-hydrogen) atoms. The number of nitrogens with two attached hydrogens (primary N) is 1. The van der Waals surface area contributed by atoms with Crippen molar-refractivity contribution in [1.82, 2.24) is 5.32 Å². The summed E-state index contributed by atoms with van der Waals surface area (Å²) < 4.78 is 0. The molecule has 2 aliphatic carbocycles. The fourth-order valence-electron chi connectivity index (χ4n) is 2.51. The maximum absolute atomic E-state index is 12.3. The van der Waals surface area contributed by atoms with Crippen LogP contribution in [-0.2, 0) is 0 Å². The Balaban J connectivity index is 1.76. The Morgan fingerprint density at radius 3 is 2.26 bits per heavy atom. The van der Waals surface area contributed by atoms with Crippen LogP contribution in [-0.4, -0.2) is 11.9 Å². The molecule has 102 valence electrons. The molecule has 0 saturated heterocycles. The highest BCUT2D eigenvalue weighted by atomic mass is 35.5. The van der Waals surface area contributed by atoms with E-state index in [1.54, 1.807) is 12.1 Å². The van der Waals surface area contributed by atoms with E-state index in [0.29, 0.717) is 39.2 Å². The van der Waals surface area contributed by atoms with Gasteiger partial charge in [-0.1, -0.05) is 23.2 Å². The van der Waals surface area contributed by atoms with Crippen molar-refractivity contribution in [1.29, 1.82) is 0 Å². The van der Waals surface area contributed by atoms with Gasteiger partial charge in [0, 0.05) is 11.6 Å². The lowest BCUT2D eigenvalue weighted by atomic mass is 10.1. The van der Waals surface area contributed by atoms with Gasteiger partial charge in [0.05, 0.1) is 15.7 Å². The summed E-state index contributed by atoms with van der Waals surface area (Å²) in [4.78, 5) is 12.3. The lowest BCUT2D eigenvalue weighted by molar-refractivity contribution is 0.0926. The topological polar surface area (TPSA) is 55.1 Å². The monoisotopic (exact) mass is 298 g/mol. The van der Waals surface area contributed by atoms with Gasteiger partial charge >= 0.3 is 0 Å². The highest BCUT2D eigenvalue weighted by molar-refractivity contribution is 6.43. The van der Waals surface area contributed by atoms with Crippen LogP contribution in [0.15, 0.2) is 12.1 Å². The molecule has 2 fully saturated rings. The molecule has 1 aromatic rings. The molecular formula is C14H16Cl2N2O. The Morgan fingerprint density at radius 1 is 1.21 bits per heavy atom. The minimum absolute atomic E-state index is 0.103. The van der Waals surface area contributed by atoms with Crippen molar-refractivity contribution in [2.24, 2.45) is 11.8 Å². The van der Waals surface area contributed by atoms with Crippen LogP contribution < -0.4 is 11.1 Å². The quantitative estimate of drug-likeness (QED) is 0.836. The lowest BCUT2D eigenvalue weighted by Crippen LogP contribution is -2.38. The van der Waals surface area contributed by atoms with Gasteiger partial charge in [-0.25, -0.2) is 0 Å². The number of carbonyl (C=O) groups excluding carboxylic acids is 1. The molecule has 0 unspecified atom stereocenters. The Hall–Kier alpha value is -0.930. The predicted molar refractivity (Wildman–Crippen MR) is 77.6 cm³/mol. The zero-order chi connectivity index (χ0) is 13.6. The van der Waals surface area contributed by atoms with Crippen molar-refractivity contribution in [3.05, 3.63) is 27.7 Å². The SMILES string of the molecule is Nc1cc(C(=O)NC(C2CC2)C2CC2)cc(Cl)c1Cl. The number of carbonyl (C=O) groups is 1. The van der Waals surface area contributed by atoms with E-state index in [1.807, 2.05) is 0 Å². The standard InChI is InChI=1S/C14H16Cl2N2O/c15-10-5-9(6-11(17)12(10)16)14(19)18-13(7-1-2-7)8-3-4-8/h5-8,13H,1-4,17H2,(H,18,19). The van der Waals surface area contributed by atoms with Crippen LogP contribution in [0.2, 0.25) is 10.0 Å². The van der Waals surface area contributed by atoms with Crippen molar-refractivity contribution in [2.75, 3.05) is 5.73 Å². The summed E-state index contributed by atoms with van der Waals surface area (Å²) in [6.07, 6.45) is 4.91. The third-order valence-electron chi connectivity index (χ3n) is 3.88. The number of hydrogen-bond donors (Lipinski definition) is 2. The normalized spacial score (nSPS) is 18.7. The van der Waals surface area contributed by atoms with Gasteiger partial charge < -0.3 is 11.1 Å². The maximum Gasteiger partial charge on any atom is 0.251 e. The van der Waals surface area contributed by atoms with Crippen molar-refractivity contribution in [3.63, 3.8) is 0 Å². The van der Waals surface area contributed by atoms with Crippen molar-refractivity contribution in [3.8, 4) is 0 Å². The van der Waals surface area contributed by atoms with E-state index in [9.17, 15) is 4.79 Å². The van der Waals surface area contributed by atoms with Gasteiger partial charge in [-0.05, 0) is 49.7 Å². The van der Waals surface area contributed by atoms with E-state index in [2.05, 4.69) is 5.32 Å². The Bertz CT molecular complexity index is 489. The lowest BCUT2D eigenvalue weighted by Gasteiger charge is -2.18. The number of nitrogen functional groups attached to an aromatic ring is 1. The Kier molecular flexibility index (Phi) is 3.35. The molecule has 0 aromatic heterocycles. The summed E-state index contributed by atoms with van der Waals surface area (Å²) >= 11 is 11.8. The van der Waals surface area contributed by atoms with Gasteiger partial charge in [0.1, 0.15) is 0 Å². The molecule has 0 radical (unpaired) electrons. The van der Waals surface area contributed by atoms with Crippen molar-refractivity contribution in [2.45, 2.75) is 31.7 Å². The molecule has 0 atom stereocenters. The molecule has 0 aliphatic heterocycles. The Labute approximate surface area is 122 Å². The zero-order valence-electron chi connectivity index (χ0n) is 10.5. The molecule has 3 N–H and O–H groups in total. The van der Waals surface area contributed by atoms with Crippen LogP contribution in [0.1, 0.15) is 36.0 Å². The van der Waals surface area contributed by atoms with Crippen LogP contribution in [0.25, 0.3) is 0 Å². The van der Waals surface area contributed by atoms with Gasteiger partial charge in [0.15, 0.2) is 0 Å². The van der Waals surface area contributed by atoms with Gasteiger partial charge in [-0.3, -0.25) is 4.79 Å². The number of hydrogen-bond acceptors (Lipinski definition) is 2. The molecule has 0 bridgehead atoms. The highest BCUT2D eigenvalue weighted by Crippen LogP contribution is 2.44. The van der Waals surface area contributed by atoms with E-state index in [1.165, 1.54) is 25.7 Å². The van der Waals surface area contributed by atoms with E-state index >= 15 is 0 Å². The summed E-state index contributed by atoms with van der Waals surface area (Å²) in [5, 5.41) is 3.76. The molecule has 0 spiro atoms. The van der Waals surface area contributed by atoms with Crippen LogP contribution in [0.4, 0.5) is 5.69 Å². The highest BCUT2D eigenvalue weighted by Gasteiger charge is 2.42. The first-order chi connectivity index (χ1) is 9.06. The summed E-state index contributed by atoms with van der Waals surface area (Å²) in [6.45, 7) is 0. The fraction of sp³-hybridized carbons (Fsp3) is 0.500. The van der Waals surface area contributed by atoms with Gasteiger partial charge in [-0.2, -0.15) is 0 Å². The molecule has 5 heteroatoms. The van der Waals surface area contributed by atoms with Crippen LogP contribution >= 0.6 is 23.2 Å². The summed E-state index contributed by atoms with van der Waals surface area (Å²) in [6, 6.07) is 3.48. The predicted octanol–water partition coefficient (Wildman–Crippen LogP) is 3.49. The number of amides is 1. The van der Waals surface area contributed by atoms with Gasteiger partial charge in [-0.15, -0.1) is 0 Å². The second kappa shape index (κ2) is 4.88. The summed E-state index contributed by atoms with van der Waals surface area (Å²) in [5.41, 5.74) is 6.56. The number of halogens is 2. The second-order valence-electron chi connectivity index (χ2n) is 5.54. The van der Waals surface area contributed by atoms with E-state index in [0.717, 1.165) is 0 Å². The van der Waals surface area contributed by atoms with Gasteiger partial charge in [0.2, 0.25) is 0 Å². The van der Waals surface area contributed by atoms with Crippen molar-refractivity contribution < 1.29 is 4.79 Å². The molecule has 2 aliphatic rings. The van der Waals surface area contributed by atoms with E-state index in [-0.39, 0.29) is 5.91 Å². The first-order valence-electron chi connectivity index (χ1n) is 6.61. The fourth-order valence-corrected chi connectivity index (χ4v) is 2.84. The molecule has 1 amide bonds. The number of nitrogens with one attached hydrogen (secondary N) is 1. The molecule has 3 nitrogen and oxygen atoms in total. The van der Waals surface area contributed by atoms with Crippen molar-refractivity contribution >= 4 is 34.8 Å². The third-order valence-corrected chi connectivity index (χ3v) is 4.69. The smallest absolute Gasteiger partial charge is 0.251 e. The molecule has 1 aromatic carbocycles. The number of rotatable bonds is 4. The van der Waals surface area contributed by atoms with Gasteiger partial charge in [0.25, 0.3) is 5.91 Å². The molecule has 2 saturated carbocycles. The average Bonchev–Trinajstić information content (AvgIpc) is 3.25. The van der Waals surface area contributed by atoms with E-state index in [4.69, 9.17) is 28.9 Å². The number of benzene rings is 1.